The minimum Gasteiger partial charge on any atom is -0.330 e. The van der Waals surface area contributed by atoms with Crippen molar-refractivity contribution in [3.8, 4) is 0 Å². The number of carbonyl (C=O) groups excluding carboxylic acids is 1. The minimum atomic E-state index is -0.590. The highest BCUT2D eigenvalue weighted by Crippen LogP contribution is 2.13. The number of carbonyl (C=O) groups is 1. The maximum atomic E-state index is 13.4. The highest BCUT2D eigenvalue weighted by atomic mass is 32.1. The van der Waals surface area contributed by atoms with E-state index >= 15 is 0 Å². The zero-order valence-electron chi connectivity index (χ0n) is 16.7. The number of nitrogens with one attached hydrogen (secondary N) is 1. The Kier molecular flexibility index (Phi) is 6.24. The van der Waals surface area contributed by atoms with Crippen LogP contribution in [0.5, 0.6) is 0 Å². The molecular weight excluding hydrogens is 410 g/mol. The molecule has 0 unspecified atom stereocenters. The van der Waals surface area contributed by atoms with E-state index in [-0.39, 0.29) is 12.1 Å². The predicted octanol–water partition coefficient (Wildman–Crippen LogP) is 3.49. The Labute approximate surface area is 183 Å². The first-order valence-electron chi connectivity index (χ1n) is 9.84. The molecule has 1 amide bonds. The molecule has 4 aromatic rings. The summed E-state index contributed by atoms with van der Waals surface area (Å²) in [5.74, 6) is -0.422. The largest absolute Gasteiger partial charge is 0.330 e. The third-order valence-corrected chi connectivity index (χ3v) is 5.77. The first-order chi connectivity index (χ1) is 15.1. The van der Waals surface area contributed by atoms with Gasteiger partial charge in [0, 0.05) is 24.2 Å². The Balaban J connectivity index is 1.69. The number of hydrogen-bond acceptors (Lipinski definition) is 4. The van der Waals surface area contributed by atoms with E-state index in [1.807, 2.05) is 78.2 Å². The highest BCUT2D eigenvalue weighted by molar-refractivity contribution is 7.09. The van der Waals surface area contributed by atoms with Crippen LogP contribution < -0.4 is 11.2 Å². The summed E-state index contributed by atoms with van der Waals surface area (Å²) in [5.41, 5.74) is 0.731. The predicted molar refractivity (Wildman–Crippen MR) is 121 cm³/mol. The summed E-state index contributed by atoms with van der Waals surface area (Å²) in [5, 5.41) is 1.88. The molecule has 0 radical (unpaired) electrons. The zero-order valence-corrected chi connectivity index (χ0v) is 17.5. The summed E-state index contributed by atoms with van der Waals surface area (Å²) >= 11 is 1.45. The number of aromatic amines is 1. The smallest absolute Gasteiger partial charge is 0.328 e. The average molecular weight is 432 g/mol. The maximum absolute atomic E-state index is 13.4. The molecule has 0 saturated heterocycles. The summed E-state index contributed by atoms with van der Waals surface area (Å²) in [6, 6.07) is 22.9. The number of rotatable bonds is 7. The van der Waals surface area contributed by atoms with Gasteiger partial charge in [0.05, 0.1) is 6.54 Å². The van der Waals surface area contributed by atoms with Crippen molar-refractivity contribution >= 4 is 17.2 Å². The third kappa shape index (κ3) is 4.90. The number of aromatic nitrogens is 2. The molecule has 6 nitrogen and oxygen atoms in total. The summed E-state index contributed by atoms with van der Waals surface area (Å²) in [4.78, 5) is 43.8. The molecule has 156 valence electrons. The Bertz CT molecular complexity index is 1220. The molecule has 0 spiro atoms. The van der Waals surface area contributed by atoms with E-state index in [0.29, 0.717) is 13.1 Å². The molecule has 0 bridgehead atoms. The van der Waals surface area contributed by atoms with Crippen molar-refractivity contribution < 1.29 is 4.79 Å². The van der Waals surface area contributed by atoms with Crippen molar-refractivity contribution in [1.29, 1.82) is 0 Å². The zero-order chi connectivity index (χ0) is 21.6. The van der Waals surface area contributed by atoms with Gasteiger partial charge in [-0.2, -0.15) is 0 Å². The third-order valence-electron chi connectivity index (χ3n) is 4.90. The highest BCUT2D eigenvalue weighted by Gasteiger charge is 2.22. The molecule has 0 fully saturated rings. The molecule has 0 aliphatic carbocycles. The Hall–Kier alpha value is -3.71. The van der Waals surface area contributed by atoms with Crippen molar-refractivity contribution in [2.45, 2.75) is 19.6 Å². The van der Waals surface area contributed by atoms with E-state index in [1.165, 1.54) is 17.5 Å². The van der Waals surface area contributed by atoms with E-state index in [4.69, 9.17) is 0 Å². The first-order valence-corrected chi connectivity index (χ1v) is 10.7. The van der Waals surface area contributed by atoms with E-state index in [2.05, 4.69) is 4.98 Å². The fraction of sp³-hybridized carbons (Fsp3) is 0.125. The molecule has 0 aliphatic heterocycles. The Morgan fingerprint density at radius 2 is 1.48 bits per heavy atom. The van der Waals surface area contributed by atoms with Crippen molar-refractivity contribution in [1.82, 2.24) is 14.5 Å². The van der Waals surface area contributed by atoms with Gasteiger partial charge in [0.25, 0.3) is 11.5 Å². The monoisotopic (exact) mass is 431 g/mol. The van der Waals surface area contributed by atoms with Crippen LogP contribution in [-0.2, 0) is 19.6 Å². The lowest BCUT2D eigenvalue weighted by Crippen LogP contribution is -2.41. The summed E-state index contributed by atoms with van der Waals surface area (Å²) in [7, 11) is 0. The number of H-pyrrole nitrogens is 1. The second-order valence-corrected chi connectivity index (χ2v) is 8.14. The van der Waals surface area contributed by atoms with Gasteiger partial charge in [0.2, 0.25) is 0 Å². The van der Waals surface area contributed by atoms with E-state index in [9.17, 15) is 14.4 Å². The van der Waals surface area contributed by atoms with Crippen LogP contribution in [0.1, 0.15) is 26.4 Å². The molecule has 2 heterocycles. The standard InChI is InChI=1S/C24H21N3O3S/c28-22(21-14-25-24(30)27(23(21)29)17-20-12-7-13-31-20)26(15-18-8-3-1-4-9-18)16-19-10-5-2-6-11-19/h1-14H,15-17H2,(H,25,30). The van der Waals surface area contributed by atoms with Gasteiger partial charge in [0.1, 0.15) is 5.56 Å². The van der Waals surface area contributed by atoms with Gasteiger partial charge in [-0.15, -0.1) is 11.3 Å². The number of benzene rings is 2. The van der Waals surface area contributed by atoms with Crippen molar-refractivity contribution in [3.05, 3.63) is 127 Å². The molecule has 7 heteroatoms. The van der Waals surface area contributed by atoms with Crippen molar-refractivity contribution in [3.63, 3.8) is 0 Å². The molecule has 0 aliphatic rings. The van der Waals surface area contributed by atoms with E-state index in [1.54, 1.807) is 4.90 Å². The molecule has 2 aromatic heterocycles. The molecule has 4 rings (SSSR count). The molecule has 2 aromatic carbocycles. The Morgan fingerprint density at radius 1 is 0.871 bits per heavy atom. The number of thiophene rings is 1. The van der Waals surface area contributed by atoms with Gasteiger partial charge < -0.3 is 9.88 Å². The average Bonchev–Trinajstić information content (AvgIpc) is 3.31. The van der Waals surface area contributed by atoms with Crippen LogP contribution in [-0.4, -0.2) is 20.4 Å². The van der Waals surface area contributed by atoms with E-state index < -0.39 is 17.2 Å². The topological polar surface area (TPSA) is 75.2 Å². The summed E-state index contributed by atoms with van der Waals surface area (Å²) in [6.45, 7) is 0.820. The van der Waals surface area contributed by atoms with Gasteiger partial charge >= 0.3 is 5.69 Å². The van der Waals surface area contributed by atoms with Gasteiger partial charge in [-0.25, -0.2) is 4.79 Å². The fourth-order valence-electron chi connectivity index (χ4n) is 3.34. The lowest BCUT2D eigenvalue weighted by Gasteiger charge is -2.23. The minimum absolute atomic E-state index is 0.0528. The second-order valence-electron chi connectivity index (χ2n) is 7.11. The SMILES string of the molecule is O=C(c1c[nH]c(=O)n(Cc2cccs2)c1=O)N(Cc1ccccc1)Cc1ccccc1. The van der Waals surface area contributed by atoms with E-state index in [0.717, 1.165) is 20.6 Å². The van der Waals surface area contributed by atoms with Crippen LogP contribution in [0, 0.1) is 0 Å². The normalized spacial score (nSPS) is 10.7. The van der Waals surface area contributed by atoms with Crippen LogP contribution in [0.3, 0.4) is 0 Å². The van der Waals surface area contributed by atoms with Gasteiger partial charge in [0.15, 0.2) is 0 Å². The molecular formula is C24H21N3O3S. The molecule has 1 N–H and O–H groups in total. The molecule has 31 heavy (non-hydrogen) atoms. The van der Waals surface area contributed by atoms with Crippen LogP contribution in [0.2, 0.25) is 0 Å². The van der Waals surface area contributed by atoms with Crippen molar-refractivity contribution in [2.75, 3.05) is 0 Å². The van der Waals surface area contributed by atoms with Gasteiger partial charge in [-0.05, 0) is 22.6 Å². The Morgan fingerprint density at radius 3 is 2.03 bits per heavy atom. The van der Waals surface area contributed by atoms with Crippen LogP contribution in [0.15, 0.2) is 94.0 Å². The lowest BCUT2D eigenvalue weighted by molar-refractivity contribution is 0.0727. The van der Waals surface area contributed by atoms with Gasteiger partial charge in [-0.1, -0.05) is 66.7 Å². The lowest BCUT2D eigenvalue weighted by atomic mass is 10.1. The van der Waals surface area contributed by atoms with Gasteiger partial charge in [-0.3, -0.25) is 14.2 Å². The van der Waals surface area contributed by atoms with Crippen LogP contribution in [0.25, 0.3) is 0 Å². The number of hydrogen-bond donors (Lipinski definition) is 1. The maximum Gasteiger partial charge on any atom is 0.328 e. The fourth-order valence-corrected chi connectivity index (χ4v) is 4.04. The van der Waals surface area contributed by atoms with Crippen molar-refractivity contribution in [2.24, 2.45) is 0 Å². The second kappa shape index (κ2) is 9.40. The summed E-state index contributed by atoms with van der Waals surface area (Å²) in [6.07, 6.45) is 1.22. The van der Waals surface area contributed by atoms with Crippen LogP contribution >= 0.6 is 11.3 Å². The number of nitrogens with zero attached hydrogens (tertiary/aromatic N) is 2. The van der Waals surface area contributed by atoms with Crippen LogP contribution in [0.4, 0.5) is 0 Å². The number of amides is 1. The summed E-state index contributed by atoms with van der Waals surface area (Å²) < 4.78 is 1.07. The molecule has 0 atom stereocenters. The quantitative estimate of drug-likeness (QED) is 0.487. The molecule has 0 saturated carbocycles. The first kappa shape index (κ1) is 20.6.